The second kappa shape index (κ2) is 6.91. The van der Waals surface area contributed by atoms with Crippen molar-refractivity contribution in [3.05, 3.63) is 40.9 Å². The highest BCUT2D eigenvalue weighted by atomic mass is 35.5. The van der Waals surface area contributed by atoms with Crippen molar-refractivity contribution in [2.75, 3.05) is 7.05 Å². The summed E-state index contributed by atoms with van der Waals surface area (Å²) >= 11 is 5.83. The predicted octanol–water partition coefficient (Wildman–Crippen LogP) is 3.08. The van der Waals surface area contributed by atoms with Gasteiger partial charge in [-0.05, 0) is 49.5 Å². The van der Waals surface area contributed by atoms with Gasteiger partial charge in [-0.25, -0.2) is 0 Å². The van der Waals surface area contributed by atoms with Crippen molar-refractivity contribution >= 4 is 23.6 Å². The van der Waals surface area contributed by atoms with E-state index in [4.69, 9.17) is 17.3 Å². The maximum Gasteiger partial charge on any atom is 0.246 e. The summed E-state index contributed by atoms with van der Waals surface area (Å²) < 4.78 is 0. The first kappa shape index (κ1) is 15.1. The van der Waals surface area contributed by atoms with Gasteiger partial charge in [0.05, 0.1) is 0 Å². The number of amides is 1. The van der Waals surface area contributed by atoms with Crippen LogP contribution in [0.25, 0.3) is 6.08 Å². The number of hydrogen-bond donors (Lipinski definition) is 1. The van der Waals surface area contributed by atoms with Crippen LogP contribution in [0, 0.1) is 0 Å². The van der Waals surface area contributed by atoms with Crippen LogP contribution < -0.4 is 5.73 Å². The molecule has 0 unspecified atom stereocenters. The van der Waals surface area contributed by atoms with E-state index in [0.29, 0.717) is 17.1 Å². The van der Waals surface area contributed by atoms with Crippen LogP contribution in [0.1, 0.15) is 31.2 Å². The first-order valence-electron chi connectivity index (χ1n) is 7.02. The zero-order valence-corrected chi connectivity index (χ0v) is 12.5. The van der Waals surface area contributed by atoms with Gasteiger partial charge in [-0.1, -0.05) is 23.7 Å². The molecule has 0 bridgehead atoms. The summed E-state index contributed by atoms with van der Waals surface area (Å²) in [7, 11) is 1.87. The lowest BCUT2D eigenvalue weighted by atomic mass is 9.91. The van der Waals surface area contributed by atoms with Crippen molar-refractivity contribution < 1.29 is 4.79 Å². The van der Waals surface area contributed by atoms with Crippen LogP contribution in [0.2, 0.25) is 5.02 Å². The van der Waals surface area contributed by atoms with E-state index < -0.39 is 0 Å². The maximum absolute atomic E-state index is 12.1. The molecule has 3 nitrogen and oxygen atoms in total. The molecular weight excluding hydrogens is 272 g/mol. The van der Waals surface area contributed by atoms with Gasteiger partial charge in [-0.15, -0.1) is 0 Å². The van der Waals surface area contributed by atoms with Gasteiger partial charge in [0.25, 0.3) is 0 Å². The highest BCUT2D eigenvalue weighted by molar-refractivity contribution is 6.30. The van der Waals surface area contributed by atoms with E-state index in [1.165, 1.54) is 0 Å². The fourth-order valence-corrected chi connectivity index (χ4v) is 2.65. The molecule has 1 aromatic rings. The molecule has 0 saturated heterocycles. The fourth-order valence-electron chi connectivity index (χ4n) is 2.53. The minimum atomic E-state index is 0.0421. The number of likely N-dealkylation sites (N-methyl/N-ethyl adjacent to an activating group) is 1. The third-order valence-electron chi connectivity index (χ3n) is 3.93. The first-order chi connectivity index (χ1) is 9.56. The minimum Gasteiger partial charge on any atom is -0.339 e. The molecule has 1 aliphatic rings. The number of carbonyl (C=O) groups excluding carboxylic acids is 1. The molecule has 20 heavy (non-hydrogen) atoms. The summed E-state index contributed by atoms with van der Waals surface area (Å²) in [5.74, 6) is 0.0421. The summed E-state index contributed by atoms with van der Waals surface area (Å²) in [6, 6.07) is 8.05. The molecule has 0 spiro atoms. The van der Waals surface area contributed by atoms with Gasteiger partial charge < -0.3 is 10.6 Å². The number of rotatable bonds is 3. The Hall–Kier alpha value is -1.32. The van der Waals surface area contributed by atoms with Crippen LogP contribution >= 0.6 is 11.6 Å². The van der Waals surface area contributed by atoms with Crippen molar-refractivity contribution in [2.45, 2.75) is 37.8 Å². The summed E-state index contributed by atoms with van der Waals surface area (Å²) in [5.41, 5.74) is 6.87. The Morgan fingerprint density at radius 3 is 2.45 bits per heavy atom. The van der Waals surface area contributed by atoms with Crippen molar-refractivity contribution in [2.24, 2.45) is 5.73 Å². The van der Waals surface area contributed by atoms with Gasteiger partial charge in [0.15, 0.2) is 0 Å². The van der Waals surface area contributed by atoms with Crippen LogP contribution in [-0.2, 0) is 4.79 Å². The molecule has 108 valence electrons. The lowest BCUT2D eigenvalue weighted by Crippen LogP contribution is -2.41. The van der Waals surface area contributed by atoms with Crippen LogP contribution in [0.4, 0.5) is 0 Å². The maximum atomic E-state index is 12.1. The Balaban J connectivity index is 1.92. The van der Waals surface area contributed by atoms with E-state index in [-0.39, 0.29) is 5.91 Å². The molecular formula is C16H21ClN2O. The molecule has 0 radical (unpaired) electrons. The lowest BCUT2D eigenvalue weighted by molar-refractivity contribution is -0.127. The summed E-state index contributed by atoms with van der Waals surface area (Å²) in [4.78, 5) is 14.0. The normalized spacial score (nSPS) is 22.9. The molecule has 0 aliphatic heterocycles. The van der Waals surface area contributed by atoms with E-state index in [0.717, 1.165) is 31.2 Å². The molecule has 1 fully saturated rings. The molecule has 2 rings (SSSR count). The zero-order chi connectivity index (χ0) is 14.5. The number of halogens is 1. The van der Waals surface area contributed by atoms with Gasteiger partial charge in [-0.2, -0.15) is 0 Å². The molecule has 0 atom stereocenters. The number of benzene rings is 1. The Kier molecular flexibility index (Phi) is 5.21. The van der Waals surface area contributed by atoms with Gasteiger partial charge >= 0.3 is 0 Å². The van der Waals surface area contributed by atoms with E-state index in [1.807, 2.05) is 42.3 Å². The van der Waals surface area contributed by atoms with Crippen LogP contribution in [-0.4, -0.2) is 29.9 Å². The van der Waals surface area contributed by atoms with Crippen molar-refractivity contribution in [3.8, 4) is 0 Å². The molecule has 2 N–H and O–H groups in total. The largest absolute Gasteiger partial charge is 0.339 e. The number of hydrogen-bond acceptors (Lipinski definition) is 2. The second-order valence-electron chi connectivity index (χ2n) is 5.40. The average molecular weight is 293 g/mol. The molecule has 1 aliphatic carbocycles. The van der Waals surface area contributed by atoms with Crippen LogP contribution in [0.5, 0.6) is 0 Å². The molecule has 0 aromatic heterocycles. The topological polar surface area (TPSA) is 46.3 Å². The monoisotopic (exact) mass is 292 g/mol. The zero-order valence-electron chi connectivity index (χ0n) is 11.8. The summed E-state index contributed by atoms with van der Waals surface area (Å²) in [5, 5.41) is 0.698. The first-order valence-corrected chi connectivity index (χ1v) is 7.40. The van der Waals surface area contributed by atoms with Crippen molar-refractivity contribution in [3.63, 3.8) is 0 Å². The Bertz CT molecular complexity index is 476. The standard InChI is InChI=1S/C16H21ClN2O/c1-19(15-9-7-14(18)8-10-15)16(20)11-4-12-2-5-13(17)6-3-12/h2-6,11,14-15H,7-10,18H2,1H3. The Labute approximate surface area is 125 Å². The van der Waals surface area contributed by atoms with Crippen LogP contribution in [0.15, 0.2) is 30.3 Å². The van der Waals surface area contributed by atoms with E-state index >= 15 is 0 Å². The summed E-state index contributed by atoms with van der Waals surface area (Å²) in [6.07, 6.45) is 7.45. The van der Waals surface area contributed by atoms with Gasteiger partial charge in [0.2, 0.25) is 5.91 Å². The van der Waals surface area contributed by atoms with E-state index in [2.05, 4.69) is 0 Å². The summed E-state index contributed by atoms with van der Waals surface area (Å²) in [6.45, 7) is 0. The average Bonchev–Trinajstić information content (AvgIpc) is 2.46. The quantitative estimate of drug-likeness (QED) is 0.870. The highest BCUT2D eigenvalue weighted by Crippen LogP contribution is 2.21. The molecule has 1 saturated carbocycles. The lowest BCUT2D eigenvalue weighted by Gasteiger charge is -2.32. The van der Waals surface area contributed by atoms with Crippen molar-refractivity contribution in [1.82, 2.24) is 4.90 Å². The molecule has 4 heteroatoms. The minimum absolute atomic E-state index is 0.0421. The predicted molar refractivity (Wildman–Crippen MR) is 83.5 cm³/mol. The van der Waals surface area contributed by atoms with Crippen LogP contribution in [0.3, 0.4) is 0 Å². The Morgan fingerprint density at radius 2 is 1.85 bits per heavy atom. The highest BCUT2D eigenvalue weighted by Gasteiger charge is 2.23. The third-order valence-corrected chi connectivity index (χ3v) is 4.18. The Morgan fingerprint density at radius 1 is 1.25 bits per heavy atom. The SMILES string of the molecule is CN(C(=O)C=Cc1ccc(Cl)cc1)C1CCC(N)CC1. The molecule has 0 heterocycles. The van der Waals surface area contributed by atoms with Gasteiger partial charge in [0.1, 0.15) is 0 Å². The van der Waals surface area contributed by atoms with Gasteiger partial charge in [-0.3, -0.25) is 4.79 Å². The van der Waals surface area contributed by atoms with Gasteiger partial charge in [0, 0.05) is 30.2 Å². The third kappa shape index (κ3) is 4.09. The van der Waals surface area contributed by atoms with Crippen molar-refractivity contribution in [1.29, 1.82) is 0 Å². The molecule has 1 aromatic carbocycles. The van der Waals surface area contributed by atoms with E-state index in [9.17, 15) is 4.79 Å². The fraction of sp³-hybridized carbons (Fsp3) is 0.438. The second-order valence-corrected chi connectivity index (χ2v) is 5.84. The molecule has 1 amide bonds. The smallest absolute Gasteiger partial charge is 0.246 e. The number of nitrogens with zero attached hydrogens (tertiary/aromatic N) is 1. The number of nitrogens with two attached hydrogens (primary N) is 1. The van der Waals surface area contributed by atoms with E-state index in [1.54, 1.807) is 6.08 Å². The number of carbonyl (C=O) groups is 1.